The molecular formula is C28H34F6N2O4. The Morgan fingerprint density at radius 3 is 1.68 bits per heavy atom. The van der Waals surface area contributed by atoms with E-state index < -0.39 is 24.3 Å². The predicted octanol–water partition coefficient (Wildman–Crippen LogP) is 6.02. The fraction of sp³-hybridized carbons (Fsp3) is 0.500. The zero-order valence-corrected chi connectivity index (χ0v) is 21.9. The van der Waals surface area contributed by atoms with E-state index in [1.807, 2.05) is 0 Å². The number of halogens is 6. The van der Waals surface area contributed by atoms with Gasteiger partial charge in [0.1, 0.15) is 0 Å². The fourth-order valence-corrected chi connectivity index (χ4v) is 5.11. The lowest BCUT2D eigenvalue weighted by Gasteiger charge is -2.46. The number of alkyl halides is 6. The van der Waals surface area contributed by atoms with E-state index in [9.17, 15) is 26.3 Å². The van der Waals surface area contributed by atoms with Crippen molar-refractivity contribution in [3.05, 3.63) is 71.8 Å². The van der Waals surface area contributed by atoms with E-state index in [1.165, 1.54) is 75.8 Å². The van der Waals surface area contributed by atoms with Crippen molar-refractivity contribution in [2.24, 2.45) is 0 Å². The molecule has 2 aromatic carbocycles. The first-order valence-electron chi connectivity index (χ1n) is 12.9. The van der Waals surface area contributed by atoms with Gasteiger partial charge in [0, 0.05) is 18.6 Å². The summed E-state index contributed by atoms with van der Waals surface area (Å²) in [6.07, 6.45) is -2.16. The quantitative estimate of drug-likeness (QED) is 0.410. The zero-order chi connectivity index (χ0) is 29.8. The van der Waals surface area contributed by atoms with E-state index in [4.69, 9.17) is 19.8 Å². The number of benzene rings is 2. The van der Waals surface area contributed by atoms with Crippen LogP contribution in [0.2, 0.25) is 0 Å². The molecule has 0 bridgehead atoms. The Kier molecular flexibility index (Phi) is 12.4. The topological polar surface area (TPSA) is 81.1 Å². The van der Waals surface area contributed by atoms with Crippen LogP contribution >= 0.6 is 0 Å². The summed E-state index contributed by atoms with van der Waals surface area (Å²) < 4.78 is 63.5. The molecule has 2 aromatic rings. The summed E-state index contributed by atoms with van der Waals surface area (Å²) in [7, 11) is 0. The van der Waals surface area contributed by atoms with Crippen LogP contribution in [0.4, 0.5) is 26.3 Å². The Balaban J connectivity index is 0.000000333. The number of carbonyl (C=O) groups is 2. The highest BCUT2D eigenvalue weighted by molar-refractivity contribution is 5.73. The first-order chi connectivity index (χ1) is 18.7. The predicted molar refractivity (Wildman–Crippen MR) is 137 cm³/mol. The molecule has 0 amide bonds. The summed E-state index contributed by atoms with van der Waals surface area (Å²) in [6.45, 7) is 6.18. The molecule has 2 saturated heterocycles. The molecule has 2 N–H and O–H groups in total. The molecule has 0 radical (unpaired) electrons. The van der Waals surface area contributed by atoms with Crippen molar-refractivity contribution in [2.45, 2.75) is 63.0 Å². The third-order valence-electron chi connectivity index (χ3n) is 6.85. The Labute approximate surface area is 229 Å². The Morgan fingerprint density at radius 2 is 1.20 bits per heavy atom. The van der Waals surface area contributed by atoms with Gasteiger partial charge in [0.2, 0.25) is 0 Å². The lowest BCUT2D eigenvalue weighted by Crippen LogP contribution is -2.55. The largest absolute Gasteiger partial charge is 0.490 e. The molecule has 1 atom stereocenters. The van der Waals surface area contributed by atoms with Gasteiger partial charge in [0.25, 0.3) is 0 Å². The summed E-state index contributed by atoms with van der Waals surface area (Å²) in [5, 5.41) is 14.2. The van der Waals surface area contributed by atoms with Crippen molar-refractivity contribution < 1.29 is 46.1 Å². The van der Waals surface area contributed by atoms with Crippen LogP contribution < -0.4 is 0 Å². The van der Waals surface area contributed by atoms with E-state index in [2.05, 4.69) is 70.5 Å². The fourth-order valence-electron chi connectivity index (χ4n) is 5.11. The smallest absolute Gasteiger partial charge is 0.475 e. The lowest BCUT2D eigenvalue weighted by atomic mass is 9.86. The number of likely N-dealkylation sites (tertiary alicyclic amines) is 2. The van der Waals surface area contributed by atoms with Gasteiger partial charge in [0.05, 0.1) is 0 Å². The number of aryl methyl sites for hydroxylation is 1. The highest BCUT2D eigenvalue weighted by atomic mass is 19.4. The first-order valence-corrected chi connectivity index (χ1v) is 12.9. The molecule has 2 fully saturated rings. The number of piperidine rings is 1. The van der Waals surface area contributed by atoms with E-state index in [1.54, 1.807) is 0 Å². The first kappa shape index (κ1) is 33.1. The average Bonchev–Trinajstić information content (AvgIpc) is 3.26. The van der Waals surface area contributed by atoms with Gasteiger partial charge in [-0.2, -0.15) is 26.3 Å². The number of carboxylic acid groups (broad SMARTS) is 2. The molecule has 12 heteroatoms. The van der Waals surface area contributed by atoms with Crippen molar-refractivity contribution in [2.75, 3.05) is 26.2 Å². The maximum absolute atomic E-state index is 10.6. The monoisotopic (exact) mass is 576 g/mol. The molecular weight excluding hydrogens is 542 g/mol. The molecule has 4 rings (SSSR count). The number of hydrogen-bond donors (Lipinski definition) is 2. The van der Waals surface area contributed by atoms with Gasteiger partial charge in [-0.05, 0) is 69.3 Å². The van der Waals surface area contributed by atoms with Gasteiger partial charge in [-0.1, -0.05) is 60.7 Å². The summed E-state index contributed by atoms with van der Waals surface area (Å²) in [5.74, 6) is -5.51. The van der Waals surface area contributed by atoms with Crippen molar-refractivity contribution in [3.8, 4) is 0 Å². The molecule has 0 aliphatic carbocycles. The molecule has 40 heavy (non-hydrogen) atoms. The van der Waals surface area contributed by atoms with Crippen LogP contribution in [0.3, 0.4) is 0 Å². The van der Waals surface area contributed by atoms with Crippen molar-refractivity contribution in [1.29, 1.82) is 0 Å². The number of carboxylic acids is 2. The van der Waals surface area contributed by atoms with Crippen molar-refractivity contribution in [3.63, 3.8) is 0 Å². The molecule has 1 spiro atoms. The van der Waals surface area contributed by atoms with Crippen molar-refractivity contribution in [1.82, 2.24) is 9.80 Å². The summed E-state index contributed by atoms with van der Waals surface area (Å²) in [4.78, 5) is 23.3. The minimum Gasteiger partial charge on any atom is -0.475 e. The van der Waals surface area contributed by atoms with E-state index >= 15 is 0 Å². The molecule has 6 nitrogen and oxygen atoms in total. The summed E-state index contributed by atoms with van der Waals surface area (Å²) >= 11 is 0. The molecule has 222 valence electrons. The summed E-state index contributed by atoms with van der Waals surface area (Å²) in [6, 6.07) is 22.0. The third kappa shape index (κ3) is 11.2. The summed E-state index contributed by atoms with van der Waals surface area (Å²) in [5.41, 5.74) is 3.39. The molecule has 0 aromatic heterocycles. The number of hydrogen-bond acceptors (Lipinski definition) is 4. The number of rotatable bonds is 6. The number of aliphatic carboxylic acids is 2. The van der Waals surface area contributed by atoms with Crippen LogP contribution in [-0.4, -0.2) is 76.0 Å². The normalized spacial score (nSPS) is 19.8. The van der Waals surface area contributed by atoms with Gasteiger partial charge >= 0.3 is 24.3 Å². The van der Waals surface area contributed by atoms with Crippen LogP contribution in [0, 0.1) is 0 Å². The third-order valence-corrected chi connectivity index (χ3v) is 6.85. The minimum absolute atomic E-state index is 0.448. The Bertz CT molecular complexity index is 1030. The molecule has 0 saturated carbocycles. The van der Waals surface area contributed by atoms with Crippen LogP contribution in [0.25, 0.3) is 0 Å². The number of nitrogens with zero attached hydrogens (tertiary/aromatic N) is 2. The molecule has 1 unspecified atom stereocenters. The van der Waals surface area contributed by atoms with Gasteiger partial charge in [-0.25, -0.2) is 9.59 Å². The van der Waals surface area contributed by atoms with E-state index in [0.29, 0.717) is 5.54 Å². The molecule has 2 aliphatic heterocycles. The second-order valence-electron chi connectivity index (χ2n) is 9.81. The SMILES string of the molecule is O=C(O)C(F)(F)F.O=C(O)C(F)(F)F.c1ccc(CCCN2CCCC23CCCN(Cc2ccccc2)C3)cc1. The molecule has 2 heterocycles. The maximum Gasteiger partial charge on any atom is 0.490 e. The van der Waals surface area contributed by atoms with Gasteiger partial charge < -0.3 is 10.2 Å². The second kappa shape index (κ2) is 15.0. The minimum atomic E-state index is -5.08. The van der Waals surface area contributed by atoms with Crippen LogP contribution in [0.15, 0.2) is 60.7 Å². The second-order valence-corrected chi connectivity index (χ2v) is 9.81. The van der Waals surface area contributed by atoms with E-state index in [0.717, 1.165) is 6.54 Å². The van der Waals surface area contributed by atoms with Gasteiger partial charge in [0.15, 0.2) is 0 Å². The van der Waals surface area contributed by atoms with Gasteiger partial charge in [-0.3, -0.25) is 9.80 Å². The van der Waals surface area contributed by atoms with Crippen molar-refractivity contribution >= 4 is 11.9 Å². The highest BCUT2D eigenvalue weighted by Gasteiger charge is 2.43. The average molecular weight is 577 g/mol. The standard InChI is InChI=1S/C24H32N2.2C2HF3O2/c1-3-10-22(11-4-1)14-7-18-26-19-9-16-24(26)15-8-17-25(21-24)20-23-12-5-2-6-13-23;2*3-2(4,5)1(6)7/h1-6,10-13H,7-9,14-21H2;2*(H,6,7). The maximum atomic E-state index is 10.6. The van der Waals surface area contributed by atoms with Crippen LogP contribution in [0.5, 0.6) is 0 Å². The zero-order valence-electron chi connectivity index (χ0n) is 21.9. The van der Waals surface area contributed by atoms with E-state index in [-0.39, 0.29) is 0 Å². The van der Waals surface area contributed by atoms with Gasteiger partial charge in [-0.15, -0.1) is 0 Å². The molecule has 2 aliphatic rings. The Hall–Kier alpha value is -3.12. The highest BCUT2D eigenvalue weighted by Crippen LogP contribution is 2.37. The van der Waals surface area contributed by atoms with Crippen LogP contribution in [0.1, 0.15) is 43.2 Å². The Morgan fingerprint density at radius 1 is 0.750 bits per heavy atom. The lowest BCUT2D eigenvalue weighted by molar-refractivity contribution is -0.193. The van der Waals surface area contributed by atoms with Crippen LogP contribution in [-0.2, 0) is 22.6 Å².